The zero-order chi connectivity index (χ0) is 20.9. The van der Waals surface area contributed by atoms with Crippen molar-refractivity contribution in [3.05, 3.63) is 46.5 Å². The van der Waals surface area contributed by atoms with Gasteiger partial charge in [0.1, 0.15) is 17.2 Å². The number of hydrogen-bond donors (Lipinski definition) is 1. The van der Waals surface area contributed by atoms with Crippen LogP contribution in [-0.4, -0.2) is 41.1 Å². The monoisotopic (exact) mass is 357 g/mol. The molecule has 0 aliphatic carbocycles. The molecule has 0 unspecified atom stereocenters. The van der Waals surface area contributed by atoms with Crippen LogP contribution < -0.4 is 0 Å². The zero-order valence-electron chi connectivity index (χ0n) is 16.5. The number of oxime groups is 1. The van der Waals surface area contributed by atoms with E-state index >= 15 is 0 Å². The summed E-state index contributed by atoms with van der Waals surface area (Å²) in [6, 6.07) is 4.28. The lowest BCUT2D eigenvalue weighted by atomic mass is 10.00. The van der Waals surface area contributed by atoms with Gasteiger partial charge >= 0.3 is 0 Å². The van der Waals surface area contributed by atoms with Crippen molar-refractivity contribution in [2.75, 3.05) is 11.4 Å². The lowest BCUT2D eigenvalue weighted by Crippen LogP contribution is -2.37. The summed E-state index contributed by atoms with van der Waals surface area (Å²) in [5, 5.41) is 19.7. The van der Waals surface area contributed by atoms with Crippen molar-refractivity contribution in [1.82, 2.24) is 10.3 Å². The van der Waals surface area contributed by atoms with E-state index in [4.69, 9.17) is 5.48 Å². The molecule has 0 atom stereocenters. The van der Waals surface area contributed by atoms with Gasteiger partial charge in [0.25, 0.3) is 0 Å². The van der Waals surface area contributed by atoms with E-state index in [1.807, 2.05) is 0 Å². The predicted molar refractivity (Wildman–Crippen MR) is 83.3 cm³/mol. The number of nitrogens with zero attached hydrogens (tertiary/aromatic N) is 3. The third kappa shape index (κ3) is 3.45. The van der Waals surface area contributed by atoms with E-state index in [-0.39, 0.29) is 23.5 Å². The smallest absolute Gasteiger partial charge is 0.156 e. The molecule has 0 bridgehead atoms. The van der Waals surface area contributed by atoms with Gasteiger partial charge in [0.05, 0.1) is 11.4 Å². The second kappa shape index (κ2) is 6.31. The molecule has 0 radical (unpaired) electrons. The average Bonchev–Trinajstić information content (AvgIpc) is 3.08. The van der Waals surface area contributed by atoms with Crippen molar-refractivity contribution in [3.63, 3.8) is 0 Å². The molecule has 128 valence electrons. The molecular weight excluding hydrogens is 337 g/mol. The van der Waals surface area contributed by atoms with E-state index in [1.54, 1.807) is 13.0 Å². The maximum atomic E-state index is 13.4. The summed E-state index contributed by atoms with van der Waals surface area (Å²) in [5.41, 5.74) is -4.70. The Morgan fingerprint density at radius 1 is 1.50 bits per heavy atom. The molecule has 1 aliphatic heterocycles. The Bertz CT molecular complexity index is 1030. The first-order chi connectivity index (χ1) is 12.9. The van der Waals surface area contributed by atoms with Gasteiger partial charge in [-0.3, -0.25) is 0 Å². The van der Waals surface area contributed by atoms with E-state index in [9.17, 15) is 18.0 Å². The minimum Gasteiger partial charge on any atom is -0.411 e. The van der Waals surface area contributed by atoms with Gasteiger partial charge in [0.2, 0.25) is 0 Å². The molecule has 1 saturated heterocycles. The van der Waals surface area contributed by atoms with Crippen LogP contribution in [0, 0.1) is 18.7 Å². The SMILES string of the molecule is [2H]C1([2H])C(Cc2nonc2C(Cc2ccc(F)c(C)c2)=NO)C([2H])([2H])S1(=O)=O. The van der Waals surface area contributed by atoms with Crippen molar-refractivity contribution in [3.8, 4) is 0 Å². The molecule has 1 fully saturated rings. The molecule has 1 N–H and O–H groups in total. The third-order valence-electron chi connectivity index (χ3n) is 3.54. The highest BCUT2D eigenvalue weighted by Crippen LogP contribution is 2.23. The summed E-state index contributed by atoms with van der Waals surface area (Å²) in [6.07, 6.45) is -0.416. The van der Waals surface area contributed by atoms with Crippen LogP contribution in [0.4, 0.5) is 4.39 Å². The maximum Gasteiger partial charge on any atom is 0.156 e. The fourth-order valence-corrected chi connectivity index (χ4v) is 3.30. The van der Waals surface area contributed by atoms with Crippen LogP contribution in [0.25, 0.3) is 0 Å². The molecule has 0 saturated carbocycles. The average molecular weight is 357 g/mol. The minimum atomic E-state index is -4.61. The highest BCUT2D eigenvalue weighted by molar-refractivity contribution is 7.92. The van der Waals surface area contributed by atoms with Gasteiger partial charge in [-0.05, 0) is 35.2 Å². The van der Waals surface area contributed by atoms with Crippen molar-refractivity contribution in [1.29, 1.82) is 0 Å². The van der Waals surface area contributed by atoms with E-state index in [1.165, 1.54) is 12.1 Å². The molecule has 1 aromatic heterocycles. The van der Waals surface area contributed by atoms with Gasteiger partial charge in [0.15, 0.2) is 15.5 Å². The Morgan fingerprint density at radius 3 is 2.92 bits per heavy atom. The van der Waals surface area contributed by atoms with Crippen LogP contribution in [0.2, 0.25) is 0 Å². The summed E-state index contributed by atoms with van der Waals surface area (Å²) in [4.78, 5) is 0. The number of aromatic nitrogens is 2. The number of aryl methyl sites for hydroxylation is 1. The summed E-state index contributed by atoms with van der Waals surface area (Å²) >= 11 is 0. The van der Waals surface area contributed by atoms with Gasteiger partial charge in [-0.15, -0.1) is 0 Å². The summed E-state index contributed by atoms with van der Waals surface area (Å²) in [7, 11) is -4.61. The van der Waals surface area contributed by atoms with E-state index in [0.29, 0.717) is 11.1 Å². The van der Waals surface area contributed by atoms with Crippen molar-refractivity contribution < 1.29 is 28.1 Å². The summed E-state index contributed by atoms with van der Waals surface area (Å²) in [6.45, 7) is 1.57. The molecule has 1 aromatic carbocycles. The molecule has 0 amide bonds. The molecule has 9 heteroatoms. The van der Waals surface area contributed by atoms with Crippen LogP contribution in [0.3, 0.4) is 0 Å². The second-order valence-corrected chi connectivity index (χ2v) is 6.84. The van der Waals surface area contributed by atoms with Crippen LogP contribution in [-0.2, 0) is 22.7 Å². The molecule has 24 heavy (non-hydrogen) atoms. The van der Waals surface area contributed by atoms with E-state index in [2.05, 4.69) is 20.1 Å². The lowest BCUT2D eigenvalue weighted by molar-refractivity contribution is 0.299. The van der Waals surface area contributed by atoms with Crippen molar-refractivity contribution in [2.45, 2.75) is 19.8 Å². The van der Waals surface area contributed by atoms with Crippen molar-refractivity contribution in [2.24, 2.45) is 11.1 Å². The summed E-state index contributed by atoms with van der Waals surface area (Å²) < 4.78 is 72.3. The number of sulfone groups is 1. The third-order valence-corrected chi connectivity index (χ3v) is 4.73. The van der Waals surface area contributed by atoms with Crippen LogP contribution >= 0.6 is 0 Å². The fourth-order valence-electron chi connectivity index (χ4n) is 2.39. The van der Waals surface area contributed by atoms with Crippen LogP contribution in [0.1, 0.15) is 28.0 Å². The predicted octanol–water partition coefficient (Wildman–Crippen LogP) is 1.53. The maximum absolute atomic E-state index is 13.4. The largest absolute Gasteiger partial charge is 0.411 e. The van der Waals surface area contributed by atoms with E-state index < -0.39 is 39.4 Å². The first kappa shape index (κ1) is 12.1. The summed E-state index contributed by atoms with van der Waals surface area (Å²) in [5.74, 6) is -1.94. The molecule has 0 spiro atoms. The van der Waals surface area contributed by atoms with Crippen LogP contribution in [0.5, 0.6) is 0 Å². The Balaban J connectivity index is 1.88. The topological polar surface area (TPSA) is 106 Å². The highest BCUT2D eigenvalue weighted by atomic mass is 32.2. The quantitative estimate of drug-likeness (QED) is 0.494. The number of rotatable bonds is 5. The second-order valence-electron chi connectivity index (χ2n) is 5.36. The number of halogens is 1. The zero-order valence-corrected chi connectivity index (χ0v) is 13.3. The van der Waals surface area contributed by atoms with Crippen LogP contribution in [0.15, 0.2) is 28.0 Å². The Hall–Kier alpha value is -2.29. The van der Waals surface area contributed by atoms with Gasteiger partial charge in [-0.25, -0.2) is 17.4 Å². The first-order valence-electron chi connectivity index (χ1n) is 8.95. The molecule has 1 aliphatic rings. The molecular formula is C15H16FN3O4S. The standard InChI is InChI=1S/C15H16FN3O4S/c1-9-4-10(2-3-12(9)16)5-13(17-20)15-14(18-23-19-15)6-11-7-24(21,22)8-11/h2-4,11,20H,5-8H2,1H3/i7D2,8D2. The molecule has 2 aromatic rings. The molecule has 2 heterocycles. The molecule has 3 rings (SSSR count). The van der Waals surface area contributed by atoms with Gasteiger partial charge in [0, 0.05) is 18.3 Å². The van der Waals surface area contributed by atoms with Gasteiger partial charge < -0.3 is 5.21 Å². The lowest BCUT2D eigenvalue weighted by Gasteiger charge is -2.24. The highest BCUT2D eigenvalue weighted by Gasteiger charge is 2.35. The normalized spacial score (nSPS) is 24.3. The number of hydrogen-bond acceptors (Lipinski definition) is 7. The van der Waals surface area contributed by atoms with Crippen molar-refractivity contribution >= 4 is 15.5 Å². The minimum absolute atomic E-state index is 0.0155. The van der Waals surface area contributed by atoms with Gasteiger partial charge in [-0.2, -0.15) is 0 Å². The molecule has 7 nitrogen and oxygen atoms in total. The Morgan fingerprint density at radius 2 is 2.25 bits per heavy atom. The van der Waals surface area contributed by atoms with Gasteiger partial charge in [-0.1, -0.05) is 22.4 Å². The Labute approximate surface area is 143 Å². The van der Waals surface area contributed by atoms with E-state index in [0.717, 1.165) is 0 Å². The number of benzene rings is 1. The Kier molecular flexibility index (Phi) is 3.19. The first-order valence-corrected chi connectivity index (χ1v) is 8.43. The fraction of sp³-hybridized carbons (Fsp3) is 0.400.